The van der Waals surface area contributed by atoms with Crippen LogP contribution in [0.4, 0.5) is 17.6 Å². The molecule has 12 N–H and O–H groups in total. The fraction of sp³-hybridized carbons (Fsp3) is 0.389. The van der Waals surface area contributed by atoms with Crippen LogP contribution in [-0.2, 0) is 121 Å². The Morgan fingerprint density at radius 2 is 0.973 bits per heavy atom. The zero-order valence-electron chi connectivity index (χ0n) is 37.9. The number of aromatic amines is 2. The number of aromatic nitrogens is 8. The van der Waals surface area contributed by atoms with Gasteiger partial charge in [-0.05, 0) is 12.1 Å². The minimum absolute atomic E-state index is 0. The summed E-state index contributed by atoms with van der Waals surface area (Å²) in [5.41, 5.74) is 13.7. The molecule has 4 aromatic heterocycles. The average Bonchev–Trinajstić information content (AvgIpc) is 4.17. The number of hydrogen-bond donors (Lipinski definition) is 10. The number of ether oxygens (including phenoxy) is 6. The number of nitrogens with one attached hydrogen (secondary N) is 2. The number of nitrogen functional groups attached to an aromatic ring is 2. The number of imidazole rings is 2. The molecule has 12 atom stereocenters. The number of nitrogens with two attached hydrogens (primary N) is 2. The fourth-order valence-electron chi connectivity index (χ4n) is 7.81. The summed E-state index contributed by atoms with van der Waals surface area (Å²) in [7, 11) is -8.68. The van der Waals surface area contributed by atoms with Gasteiger partial charge in [0.05, 0.1) is 25.9 Å². The number of fused-ring (bicyclic) bond motifs is 4. The van der Waals surface area contributed by atoms with Crippen LogP contribution in [0.3, 0.4) is 0 Å². The Kier molecular flexibility index (Phi) is 22.9. The van der Waals surface area contributed by atoms with E-state index in [1.165, 1.54) is 17.2 Å². The topological polar surface area (TPSA) is 446 Å². The molecule has 2 aromatic carbocycles. The van der Waals surface area contributed by atoms with E-state index < -0.39 is 106 Å². The van der Waals surface area contributed by atoms with Crippen molar-refractivity contribution in [2.75, 3.05) is 43.7 Å². The molecule has 4 saturated heterocycles. The summed E-state index contributed by atoms with van der Waals surface area (Å²) in [5, 5.41) is 0. The van der Waals surface area contributed by atoms with E-state index in [2.05, 4.69) is 29.9 Å². The Bertz CT molecular complexity index is 3000. The Morgan fingerprint density at radius 3 is 1.34 bits per heavy atom. The number of hydrogen-bond acceptors (Lipinski definition) is 21. The van der Waals surface area contributed by atoms with E-state index in [9.17, 15) is 18.7 Å². The predicted octanol–water partition coefficient (Wildman–Crippen LogP) is -0.256. The smallest absolute Gasteiger partial charge is 0.316 e. The molecule has 392 valence electrons. The summed E-state index contributed by atoms with van der Waals surface area (Å²) in [6.45, 7) is -0.343. The minimum Gasteiger partial charge on any atom is -0.378 e. The quantitative estimate of drug-likeness (QED) is 0.0747. The van der Waals surface area contributed by atoms with E-state index in [1.807, 2.05) is 73.6 Å². The first-order valence-electron chi connectivity index (χ1n) is 20.5. The van der Waals surface area contributed by atoms with E-state index in [0.717, 1.165) is 16.8 Å². The second kappa shape index (κ2) is 27.4. The van der Waals surface area contributed by atoms with Gasteiger partial charge in [0.25, 0.3) is 11.1 Å². The molecule has 4 aliphatic heterocycles. The van der Waals surface area contributed by atoms with Crippen LogP contribution in [0.15, 0.2) is 76.8 Å². The van der Waals surface area contributed by atoms with Crippen molar-refractivity contribution in [3.8, 4) is 0 Å². The van der Waals surface area contributed by atoms with Crippen molar-refractivity contribution in [2.24, 2.45) is 0 Å². The average molecular weight is 1260 g/mol. The largest absolute Gasteiger partial charge is 0.378 e. The molecule has 8 heterocycles. The van der Waals surface area contributed by atoms with Gasteiger partial charge in [-0.15, -0.1) is 0 Å². The molecule has 0 bridgehead atoms. The van der Waals surface area contributed by atoms with Crippen molar-refractivity contribution in [2.45, 2.75) is 61.7 Å². The number of rotatable bonds is 11. The van der Waals surface area contributed by atoms with E-state index in [0.29, 0.717) is 0 Å². The van der Waals surface area contributed by atoms with E-state index in [4.69, 9.17) is 87.4 Å². The third kappa shape index (κ3) is 15.2. The predicted molar refractivity (Wildman–Crippen MR) is 246 cm³/mol. The van der Waals surface area contributed by atoms with Crippen molar-refractivity contribution < 1.29 is 151 Å². The van der Waals surface area contributed by atoms with Gasteiger partial charge in [0, 0.05) is 96.3 Å². The molecule has 37 heteroatoms. The SMILES string of the molecule is CN(C)c1ccc(C2OC3C(O2)[C@@H](CO[PH](=O)O)O[C@H]3n2cnc3c(=O)[nH]c(N)nc32)cc1.Nc1nc2c(ncn2[C@@H]2O[C@H](CO[PH](=O)O)C3OC(c4ccccc4)OC32)c(=O)[nH]1.O=[PH](O)O.O=[PH](O)O.[Y].[Y]. The zero-order valence-corrected chi connectivity index (χ0v) is 47.6. The van der Waals surface area contributed by atoms with Gasteiger partial charge in [-0.2, -0.15) is 9.97 Å². The van der Waals surface area contributed by atoms with Gasteiger partial charge in [-0.25, -0.2) is 9.97 Å². The molecule has 2 radical (unpaired) electrons. The van der Waals surface area contributed by atoms with Crippen LogP contribution in [0.25, 0.3) is 22.3 Å². The normalized spacial score (nSPS) is 25.5. The minimum atomic E-state index is -3.17. The summed E-state index contributed by atoms with van der Waals surface area (Å²) in [5.74, 6) is -0.127. The Balaban J connectivity index is 0.000000231. The molecule has 0 amide bonds. The van der Waals surface area contributed by atoms with Crippen LogP contribution in [0, 0.1) is 0 Å². The van der Waals surface area contributed by atoms with Crippen molar-refractivity contribution in [3.05, 3.63) is 99.1 Å². The van der Waals surface area contributed by atoms with Crippen LogP contribution in [0.5, 0.6) is 0 Å². The maximum Gasteiger partial charge on any atom is 0.316 e. The molecule has 4 aliphatic rings. The summed E-state index contributed by atoms with van der Waals surface area (Å²) >= 11 is 0. The molecule has 6 aromatic rings. The molecule has 4 fully saturated rings. The van der Waals surface area contributed by atoms with Gasteiger partial charge < -0.3 is 83.2 Å². The fourth-order valence-corrected chi connectivity index (χ4v) is 8.42. The first kappa shape index (κ1) is 61.0. The first-order valence-corrected chi connectivity index (χ1v) is 25.7. The maximum atomic E-state index is 12.2. The Hall–Kier alpha value is -2.89. The van der Waals surface area contributed by atoms with Gasteiger partial charge >= 0.3 is 33.0 Å². The third-order valence-electron chi connectivity index (χ3n) is 10.6. The van der Waals surface area contributed by atoms with Crippen LogP contribution < -0.4 is 27.5 Å². The van der Waals surface area contributed by atoms with E-state index in [-0.39, 0.29) is 113 Å². The molecule has 0 spiro atoms. The monoisotopic (exact) mass is 1260 g/mol. The van der Waals surface area contributed by atoms with Crippen molar-refractivity contribution in [3.63, 3.8) is 0 Å². The molecular formula is C36H47N11O20P4Y2. The van der Waals surface area contributed by atoms with Gasteiger partial charge in [-0.3, -0.25) is 47.0 Å². The van der Waals surface area contributed by atoms with Crippen LogP contribution in [0.2, 0.25) is 0 Å². The van der Waals surface area contributed by atoms with Gasteiger partial charge in [0.15, 0.2) is 47.4 Å². The van der Waals surface area contributed by atoms with Crippen molar-refractivity contribution in [1.29, 1.82) is 0 Å². The van der Waals surface area contributed by atoms with Crippen LogP contribution in [-0.4, -0.2) is 132 Å². The van der Waals surface area contributed by atoms with Crippen molar-refractivity contribution >= 4 is 72.9 Å². The summed E-state index contributed by atoms with van der Waals surface area (Å²) < 4.78 is 89.2. The van der Waals surface area contributed by atoms with Crippen molar-refractivity contribution in [1.82, 2.24) is 39.0 Å². The standard InChI is InChI=1S/C19H23N6O7P.C17H18N5O7P.2H3O3P.2Y/c1-24(2)10-5-3-9(4-6-10)18-31-13-11(7-29-33(27)28)30-17(14(13)32-18)25-8-21-12-15(25)22-19(20)23-16(12)26;18-17-20-13-10(14(23)21-17)19-7-22(13)15-12-11(9(27-15)6-26-30(24)25)28-16(29-12)8-4-2-1-3-5-8;2*1-4(2)3;;/h3-6,8,11,13-14,17-18,33H,7H2,1-2H3,(H,27,28)(H3,20,22,23,26);1-5,7,9,11-12,15-16,30H,6H2,(H,24,25)(H3,18,20,21,23);2*4H,(H2,1,2,3);;/t11-,13?,14?,17-,18?;9-,11?,12?,15-,16?;;;;/m11..../s1. The van der Waals surface area contributed by atoms with Crippen LogP contribution in [0.1, 0.15) is 36.2 Å². The van der Waals surface area contributed by atoms with E-state index in [1.54, 1.807) is 4.57 Å². The summed E-state index contributed by atoms with van der Waals surface area (Å²) in [6, 6.07) is 17.1. The molecule has 0 aliphatic carbocycles. The Labute approximate surface area is 463 Å². The second-order valence-corrected chi connectivity index (χ2v) is 18.1. The zero-order chi connectivity index (χ0) is 51.3. The second-order valence-electron chi connectivity index (χ2n) is 15.4. The van der Waals surface area contributed by atoms with Gasteiger partial charge in [-0.1, -0.05) is 42.5 Å². The summed E-state index contributed by atoms with van der Waals surface area (Å²) in [4.78, 5) is 94.4. The van der Waals surface area contributed by atoms with Crippen LogP contribution >= 0.6 is 33.0 Å². The number of benzene rings is 2. The summed E-state index contributed by atoms with van der Waals surface area (Å²) in [6.07, 6.45) is -3.89. The third-order valence-corrected chi connectivity index (χ3v) is 11.5. The first-order chi connectivity index (χ1) is 33.8. The maximum absolute atomic E-state index is 12.2. The molecule has 10 rings (SSSR count). The van der Waals surface area contributed by atoms with Gasteiger partial charge in [0.2, 0.25) is 11.9 Å². The number of nitrogens with zero attached hydrogens (tertiary/aromatic N) is 7. The number of H-pyrrole nitrogens is 2. The molecule has 0 saturated carbocycles. The van der Waals surface area contributed by atoms with E-state index >= 15 is 0 Å². The molecule has 73 heavy (non-hydrogen) atoms. The molecular weight excluding hydrogens is 1210 g/mol. The molecule has 31 nitrogen and oxygen atoms in total. The Morgan fingerprint density at radius 1 is 0.603 bits per heavy atom. The number of anilines is 3. The van der Waals surface area contributed by atoms with Gasteiger partial charge in [0.1, 0.15) is 36.6 Å². The molecule has 8 unspecified atom stereocenters.